The molecule has 0 aromatic carbocycles. The molecule has 0 aliphatic heterocycles. The molecule has 1 N–H and O–H groups in total. The van der Waals surface area contributed by atoms with E-state index >= 15 is 0 Å². The summed E-state index contributed by atoms with van der Waals surface area (Å²) in [5.74, 6) is 0.802. The smallest absolute Gasteiger partial charge is 0.252 e. The van der Waals surface area contributed by atoms with Gasteiger partial charge < -0.3 is 10.2 Å². The fraction of sp³-hybridized carbons (Fsp3) is 0.304. The maximum Gasteiger partial charge on any atom is 0.252 e. The Labute approximate surface area is 185 Å². The first-order valence-electron chi connectivity index (χ1n) is 10.4. The van der Waals surface area contributed by atoms with E-state index in [0.717, 1.165) is 46.1 Å². The van der Waals surface area contributed by atoms with Crippen LogP contribution in [-0.4, -0.2) is 38.7 Å². The van der Waals surface area contributed by atoms with E-state index in [1.807, 2.05) is 55.9 Å². The van der Waals surface area contributed by atoms with Crippen molar-refractivity contribution in [2.75, 3.05) is 18.0 Å². The van der Waals surface area contributed by atoms with Crippen LogP contribution in [0.25, 0.3) is 21.6 Å². The number of carbonyl (C=O) groups excluding carboxylic acids is 1. The van der Waals surface area contributed by atoms with Crippen molar-refractivity contribution in [1.82, 2.24) is 25.1 Å². The van der Waals surface area contributed by atoms with Gasteiger partial charge in [0.2, 0.25) is 0 Å². The Morgan fingerprint density at radius 1 is 1.23 bits per heavy atom. The predicted molar refractivity (Wildman–Crippen MR) is 126 cm³/mol. The van der Waals surface area contributed by atoms with Crippen molar-refractivity contribution >= 4 is 34.1 Å². The molecule has 8 heteroatoms. The Morgan fingerprint density at radius 2 is 2.03 bits per heavy atom. The van der Waals surface area contributed by atoms with Gasteiger partial charge in [0.15, 0.2) is 5.65 Å². The number of anilines is 1. The number of hydrogen-bond donors (Lipinski definition) is 1. The van der Waals surface area contributed by atoms with Crippen molar-refractivity contribution < 1.29 is 4.79 Å². The molecular formula is C23H26N6OS. The highest BCUT2D eigenvalue weighted by molar-refractivity contribution is 7.13. The van der Waals surface area contributed by atoms with Crippen LogP contribution in [0.15, 0.2) is 41.9 Å². The van der Waals surface area contributed by atoms with Gasteiger partial charge in [-0.2, -0.15) is 5.10 Å². The van der Waals surface area contributed by atoms with Gasteiger partial charge in [0.1, 0.15) is 5.82 Å². The van der Waals surface area contributed by atoms with Gasteiger partial charge >= 0.3 is 0 Å². The van der Waals surface area contributed by atoms with E-state index in [2.05, 4.69) is 34.1 Å². The third-order valence-electron chi connectivity index (χ3n) is 5.34. The van der Waals surface area contributed by atoms with E-state index in [1.165, 1.54) is 0 Å². The first kappa shape index (κ1) is 21.0. The molecule has 0 unspecified atom stereocenters. The summed E-state index contributed by atoms with van der Waals surface area (Å²) in [6.07, 6.45) is 1.82. The van der Waals surface area contributed by atoms with E-state index in [0.29, 0.717) is 17.8 Å². The maximum atomic E-state index is 13.2. The third-order valence-corrected chi connectivity index (χ3v) is 6.23. The van der Waals surface area contributed by atoms with E-state index in [1.54, 1.807) is 16.0 Å². The number of hydrogen-bond acceptors (Lipinski definition) is 6. The molecule has 4 aromatic heterocycles. The van der Waals surface area contributed by atoms with Crippen molar-refractivity contribution in [3.63, 3.8) is 0 Å². The van der Waals surface area contributed by atoms with Gasteiger partial charge in [-0.3, -0.25) is 9.48 Å². The van der Waals surface area contributed by atoms with Crippen molar-refractivity contribution in [2.45, 2.75) is 27.3 Å². The van der Waals surface area contributed by atoms with Gasteiger partial charge in [0.05, 0.1) is 27.2 Å². The van der Waals surface area contributed by atoms with Gasteiger partial charge in [-0.05, 0) is 49.9 Å². The van der Waals surface area contributed by atoms with Crippen LogP contribution in [0.3, 0.4) is 0 Å². The zero-order valence-corrected chi connectivity index (χ0v) is 19.0. The van der Waals surface area contributed by atoms with E-state index in [9.17, 15) is 4.79 Å². The molecule has 160 valence electrons. The minimum atomic E-state index is -0.144. The number of thiophene rings is 1. The summed E-state index contributed by atoms with van der Waals surface area (Å²) in [6.45, 7) is 8.35. The SMILES string of the molecule is CCN(CC)c1ccc(CNC(=O)c2cc(-c3cccs3)nc3c2c(C)nn3C)cn1. The maximum absolute atomic E-state index is 13.2. The molecule has 0 radical (unpaired) electrons. The van der Waals surface area contributed by atoms with Crippen LogP contribution in [0.5, 0.6) is 0 Å². The number of fused-ring (bicyclic) bond motifs is 1. The molecule has 7 nitrogen and oxygen atoms in total. The summed E-state index contributed by atoms with van der Waals surface area (Å²) in [4.78, 5) is 25.7. The Hall–Kier alpha value is -3.26. The lowest BCUT2D eigenvalue weighted by Crippen LogP contribution is -2.24. The van der Waals surface area contributed by atoms with E-state index < -0.39 is 0 Å². The lowest BCUT2D eigenvalue weighted by Gasteiger charge is -2.19. The topological polar surface area (TPSA) is 75.9 Å². The molecule has 0 saturated heterocycles. The largest absolute Gasteiger partial charge is 0.357 e. The Kier molecular flexibility index (Phi) is 5.99. The van der Waals surface area contributed by atoms with Crippen LogP contribution in [0.4, 0.5) is 5.82 Å². The summed E-state index contributed by atoms with van der Waals surface area (Å²) < 4.78 is 1.73. The highest BCUT2D eigenvalue weighted by atomic mass is 32.1. The molecule has 0 aliphatic carbocycles. The van der Waals surface area contributed by atoms with Gasteiger partial charge in [0, 0.05) is 32.9 Å². The molecule has 0 fully saturated rings. The Balaban J connectivity index is 1.60. The van der Waals surface area contributed by atoms with Crippen LogP contribution >= 0.6 is 11.3 Å². The third kappa shape index (κ3) is 4.16. The average Bonchev–Trinajstić information content (AvgIpc) is 3.42. The molecule has 31 heavy (non-hydrogen) atoms. The summed E-state index contributed by atoms with van der Waals surface area (Å²) >= 11 is 1.60. The quantitative estimate of drug-likeness (QED) is 0.472. The summed E-state index contributed by atoms with van der Waals surface area (Å²) in [5, 5.41) is 10.3. The first-order chi connectivity index (χ1) is 15.0. The monoisotopic (exact) mass is 434 g/mol. The number of nitrogens with one attached hydrogen (secondary N) is 1. The first-order valence-corrected chi connectivity index (χ1v) is 11.3. The molecule has 0 aliphatic rings. The second kappa shape index (κ2) is 8.85. The lowest BCUT2D eigenvalue weighted by molar-refractivity contribution is 0.0952. The number of carbonyl (C=O) groups is 1. The summed E-state index contributed by atoms with van der Waals surface area (Å²) in [7, 11) is 1.85. The minimum Gasteiger partial charge on any atom is -0.357 e. The number of aryl methyl sites for hydroxylation is 2. The van der Waals surface area contributed by atoms with E-state index in [-0.39, 0.29) is 5.91 Å². The Bertz CT molecular complexity index is 1190. The van der Waals surface area contributed by atoms with Gasteiger partial charge in [0.25, 0.3) is 5.91 Å². The number of nitrogens with zero attached hydrogens (tertiary/aromatic N) is 5. The predicted octanol–water partition coefficient (Wildman–Crippen LogP) is 4.18. The Morgan fingerprint density at radius 3 is 2.68 bits per heavy atom. The molecule has 0 saturated carbocycles. The minimum absolute atomic E-state index is 0.144. The molecule has 1 amide bonds. The lowest BCUT2D eigenvalue weighted by atomic mass is 10.1. The van der Waals surface area contributed by atoms with Crippen LogP contribution in [0.1, 0.15) is 35.5 Å². The van der Waals surface area contributed by atoms with Crippen molar-refractivity contribution in [3.8, 4) is 10.6 Å². The van der Waals surface area contributed by atoms with E-state index in [4.69, 9.17) is 4.98 Å². The highest BCUT2D eigenvalue weighted by Gasteiger charge is 2.19. The number of rotatable bonds is 7. The summed E-state index contributed by atoms with van der Waals surface area (Å²) in [6, 6.07) is 9.86. The van der Waals surface area contributed by atoms with Gasteiger partial charge in [-0.15, -0.1) is 11.3 Å². The van der Waals surface area contributed by atoms with Gasteiger partial charge in [-0.25, -0.2) is 9.97 Å². The van der Waals surface area contributed by atoms with Crippen LogP contribution < -0.4 is 10.2 Å². The molecule has 4 heterocycles. The highest BCUT2D eigenvalue weighted by Crippen LogP contribution is 2.29. The molecule has 4 aromatic rings. The summed E-state index contributed by atoms with van der Waals surface area (Å²) in [5.41, 5.74) is 3.82. The average molecular weight is 435 g/mol. The fourth-order valence-corrected chi connectivity index (χ4v) is 4.39. The van der Waals surface area contributed by atoms with Crippen molar-refractivity contribution in [3.05, 3.63) is 58.7 Å². The molecule has 0 spiro atoms. The zero-order valence-electron chi connectivity index (χ0n) is 18.2. The molecule has 0 atom stereocenters. The number of aromatic nitrogens is 4. The second-order valence-corrected chi connectivity index (χ2v) is 8.27. The van der Waals surface area contributed by atoms with Crippen molar-refractivity contribution in [2.24, 2.45) is 7.05 Å². The number of pyridine rings is 2. The molecule has 4 rings (SSSR count). The molecule has 0 bridgehead atoms. The zero-order chi connectivity index (χ0) is 22.0. The second-order valence-electron chi connectivity index (χ2n) is 7.32. The van der Waals surface area contributed by atoms with Crippen LogP contribution in [-0.2, 0) is 13.6 Å². The standard InChI is InChI=1S/C23H26N6OS/c1-5-29(6-2)20-10-9-16(13-24-20)14-25-23(30)17-12-18(19-8-7-11-31-19)26-22-21(17)15(3)27-28(22)4/h7-13H,5-6,14H2,1-4H3,(H,25,30). The van der Waals surface area contributed by atoms with Crippen molar-refractivity contribution in [1.29, 1.82) is 0 Å². The normalized spacial score (nSPS) is 11.1. The van der Waals surface area contributed by atoms with Gasteiger partial charge in [-0.1, -0.05) is 12.1 Å². The fourth-order valence-electron chi connectivity index (χ4n) is 3.71. The molecular weight excluding hydrogens is 408 g/mol. The van der Waals surface area contributed by atoms with Crippen LogP contribution in [0, 0.1) is 6.92 Å². The number of amides is 1. The van der Waals surface area contributed by atoms with Crippen LogP contribution in [0.2, 0.25) is 0 Å².